The number of carbonyl (C=O) groups is 4. The zero-order valence-electron chi connectivity index (χ0n) is 29.6. The highest BCUT2D eigenvalue weighted by Crippen LogP contribution is 2.07. The molecule has 0 radical (unpaired) electrons. The summed E-state index contributed by atoms with van der Waals surface area (Å²) in [5.74, 6) is -1.52. The molecule has 4 amide bonds. The summed E-state index contributed by atoms with van der Waals surface area (Å²) < 4.78 is 43.4. The van der Waals surface area contributed by atoms with E-state index in [1.807, 2.05) is 0 Å². The van der Waals surface area contributed by atoms with Crippen molar-refractivity contribution in [1.82, 2.24) is 20.9 Å². The van der Waals surface area contributed by atoms with Crippen molar-refractivity contribution in [2.75, 3.05) is 137 Å². The normalized spacial score (nSPS) is 10.7. The molecule has 0 aromatic carbocycles. The third kappa shape index (κ3) is 29.7. The van der Waals surface area contributed by atoms with E-state index in [0.717, 1.165) is 0 Å². The molecule has 1 aromatic rings. The Bertz CT molecular complexity index is 1140. The minimum atomic E-state index is -0.491. The van der Waals surface area contributed by atoms with Crippen LogP contribution in [0.3, 0.4) is 0 Å². The minimum Gasteiger partial charge on any atom is -0.379 e. The van der Waals surface area contributed by atoms with Crippen molar-refractivity contribution >= 4 is 29.3 Å². The van der Waals surface area contributed by atoms with Gasteiger partial charge in [-0.2, -0.15) is 0 Å². The molecule has 0 unspecified atom stereocenters. The lowest BCUT2D eigenvalue weighted by atomic mass is 10.3. The van der Waals surface area contributed by atoms with Crippen LogP contribution in [0, 0.1) is 0 Å². The largest absolute Gasteiger partial charge is 0.379 e. The molecular weight excluding hydrogens is 690 g/mol. The number of anilines is 1. The van der Waals surface area contributed by atoms with Crippen LogP contribution in [0.4, 0.5) is 5.69 Å². The van der Waals surface area contributed by atoms with Crippen LogP contribution in [0.5, 0.6) is 0 Å². The molecule has 0 aliphatic rings. The number of aromatic nitrogens is 1. The Balaban J connectivity index is 1.73. The van der Waals surface area contributed by atoms with Gasteiger partial charge in [-0.05, 0) is 17.7 Å². The maximum atomic E-state index is 12.0. The van der Waals surface area contributed by atoms with Crippen molar-refractivity contribution in [2.24, 2.45) is 10.8 Å². The summed E-state index contributed by atoms with van der Waals surface area (Å²) in [6, 6.07) is 3.37. The van der Waals surface area contributed by atoms with E-state index >= 15 is 0 Å². The number of hydrogen-bond acceptors (Lipinski definition) is 15. The van der Waals surface area contributed by atoms with Gasteiger partial charge in [0.1, 0.15) is 0 Å². The molecule has 0 fully saturated rings. The quantitative estimate of drug-likeness (QED) is 0.0233. The van der Waals surface area contributed by atoms with Gasteiger partial charge in [-0.25, -0.2) is 0 Å². The van der Waals surface area contributed by atoms with Gasteiger partial charge in [-0.3, -0.25) is 24.2 Å². The SMILES string of the molecule is [N-]=[N+]=NCc1ccc(NC(=O)CCOCCOCCOCCOCCOCCOCCOCCOCCNC(=O)CNC(=O)CNC(=O)CN)cn1. The van der Waals surface area contributed by atoms with E-state index in [1.54, 1.807) is 12.1 Å². The highest BCUT2D eigenvalue weighted by molar-refractivity contribution is 5.90. The molecule has 21 heteroatoms. The zero-order valence-corrected chi connectivity index (χ0v) is 29.6. The molecule has 1 rings (SSSR count). The molecule has 21 nitrogen and oxygen atoms in total. The van der Waals surface area contributed by atoms with Gasteiger partial charge >= 0.3 is 0 Å². The number of carbonyl (C=O) groups excluding carboxylic acids is 4. The Labute approximate surface area is 302 Å². The Hall–Kier alpha value is -4.02. The highest BCUT2D eigenvalue weighted by atomic mass is 16.6. The second-order valence-corrected chi connectivity index (χ2v) is 10.2. The monoisotopic (exact) mass is 743 g/mol. The molecule has 0 bridgehead atoms. The van der Waals surface area contributed by atoms with Crippen LogP contribution in [-0.2, 0) is 63.6 Å². The van der Waals surface area contributed by atoms with Crippen molar-refractivity contribution in [2.45, 2.75) is 13.0 Å². The van der Waals surface area contributed by atoms with Crippen molar-refractivity contribution in [3.63, 3.8) is 0 Å². The summed E-state index contributed by atoms with van der Waals surface area (Å²) in [6.07, 6.45) is 1.70. The summed E-state index contributed by atoms with van der Waals surface area (Å²) >= 11 is 0. The predicted molar refractivity (Wildman–Crippen MR) is 185 cm³/mol. The van der Waals surface area contributed by atoms with Gasteiger partial charge in [0.15, 0.2) is 0 Å². The van der Waals surface area contributed by atoms with E-state index < -0.39 is 11.8 Å². The molecule has 0 saturated carbocycles. The first-order chi connectivity index (χ1) is 25.4. The van der Waals surface area contributed by atoms with Crippen LogP contribution in [0.25, 0.3) is 10.4 Å². The first-order valence-electron chi connectivity index (χ1n) is 16.8. The van der Waals surface area contributed by atoms with Crippen molar-refractivity contribution < 1.29 is 57.1 Å². The lowest BCUT2D eigenvalue weighted by Crippen LogP contribution is -2.43. The fourth-order valence-electron chi connectivity index (χ4n) is 3.54. The molecule has 1 heterocycles. The summed E-state index contributed by atoms with van der Waals surface area (Å²) in [7, 11) is 0. The fraction of sp³-hybridized carbons (Fsp3) is 0.710. The number of rotatable bonds is 35. The van der Waals surface area contributed by atoms with Crippen LogP contribution in [0.1, 0.15) is 12.1 Å². The molecule has 294 valence electrons. The summed E-state index contributed by atoms with van der Waals surface area (Å²) in [5, 5.41) is 13.4. The van der Waals surface area contributed by atoms with Crippen LogP contribution in [-0.4, -0.2) is 161 Å². The Morgan fingerprint density at radius 3 is 1.50 bits per heavy atom. The topological polar surface area (TPSA) is 278 Å². The fourth-order valence-corrected chi connectivity index (χ4v) is 3.54. The van der Waals surface area contributed by atoms with Gasteiger partial charge in [0.25, 0.3) is 0 Å². The molecule has 52 heavy (non-hydrogen) atoms. The molecule has 0 saturated heterocycles. The van der Waals surface area contributed by atoms with Gasteiger partial charge in [0, 0.05) is 17.2 Å². The number of azide groups is 1. The average molecular weight is 744 g/mol. The molecule has 0 spiro atoms. The Morgan fingerprint density at radius 1 is 0.615 bits per heavy atom. The second kappa shape index (κ2) is 34.1. The Morgan fingerprint density at radius 2 is 1.06 bits per heavy atom. The summed E-state index contributed by atoms with van der Waals surface area (Å²) in [4.78, 5) is 52.9. The first-order valence-corrected chi connectivity index (χ1v) is 16.8. The number of hydrogen-bond donors (Lipinski definition) is 5. The van der Waals surface area contributed by atoms with E-state index in [2.05, 4.69) is 36.3 Å². The van der Waals surface area contributed by atoms with Crippen LogP contribution in [0.2, 0.25) is 0 Å². The Kier molecular flexibility index (Phi) is 30.2. The highest BCUT2D eigenvalue weighted by Gasteiger charge is 2.07. The lowest BCUT2D eigenvalue weighted by molar-refractivity contribution is -0.127. The van der Waals surface area contributed by atoms with Gasteiger partial charge in [0.05, 0.1) is 150 Å². The molecule has 6 N–H and O–H groups in total. The number of nitrogens with one attached hydrogen (secondary N) is 4. The van der Waals surface area contributed by atoms with Crippen LogP contribution < -0.4 is 27.0 Å². The first kappa shape index (κ1) is 46.0. The van der Waals surface area contributed by atoms with Crippen molar-refractivity contribution in [3.05, 3.63) is 34.5 Å². The molecule has 0 atom stereocenters. The zero-order chi connectivity index (χ0) is 37.7. The minimum absolute atomic E-state index is 0.155. The second-order valence-electron chi connectivity index (χ2n) is 10.2. The third-order valence-corrected chi connectivity index (χ3v) is 6.13. The van der Waals surface area contributed by atoms with E-state index in [0.29, 0.717) is 110 Å². The van der Waals surface area contributed by atoms with Gasteiger partial charge in [0.2, 0.25) is 23.6 Å². The van der Waals surface area contributed by atoms with Crippen LogP contribution >= 0.6 is 0 Å². The van der Waals surface area contributed by atoms with E-state index in [9.17, 15) is 19.2 Å². The number of nitrogens with zero attached hydrogens (tertiary/aromatic N) is 4. The number of nitrogens with two attached hydrogens (primary N) is 1. The standard InChI is InChI=1S/C31H53N9O12/c32-21-29(42)36-25-31(44)37-24-30(43)34-4-6-46-8-10-48-12-14-50-16-18-52-20-19-51-17-15-49-13-11-47-9-7-45-5-3-28(41)39-27-2-1-26(35-22-27)23-38-40-33/h1-2,22H,3-21,23-25,32H2,(H,34,43)(H,36,42)(H,37,44)(H,39,41). The number of ether oxygens (including phenoxy) is 8. The van der Waals surface area contributed by atoms with Crippen molar-refractivity contribution in [3.8, 4) is 0 Å². The molecule has 0 aliphatic heterocycles. The maximum Gasteiger partial charge on any atom is 0.239 e. The summed E-state index contributed by atoms with van der Waals surface area (Å²) in [6.45, 7) is 6.12. The smallest absolute Gasteiger partial charge is 0.239 e. The van der Waals surface area contributed by atoms with Gasteiger partial charge in [-0.1, -0.05) is 5.11 Å². The van der Waals surface area contributed by atoms with Gasteiger partial charge < -0.3 is 64.9 Å². The lowest BCUT2D eigenvalue weighted by Gasteiger charge is -2.09. The van der Waals surface area contributed by atoms with E-state index in [1.165, 1.54) is 6.20 Å². The van der Waals surface area contributed by atoms with Gasteiger partial charge in [-0.15, -0.1) is 0 Å². The van der Waals surface area contributed by atoms with Crippen molar-refractivity contribution in [1.29, 1.82) is 0 Å². The molecular formula is C31H53N9O12. The summed E-state index contributed by atoms with van der Waals surface area (Å²) in [5.41, 5.74) is 14.6. The van der Waals surface area contributed by atoms with E-state index in [-0.39, 0.29) is 57.6 Å². The molecule has 0 aliphatic carbocycles. The average Bonchev–Trinajstić information content (AvgIpc) is 3.15. The number of amides is 4. The molecule has 1 aromatic heterocycles. The number of pyridine rings is 1. The maximum absolute atomic E-state index is 12.0. The van der Waals surface area contributed by atoms with Crippen LogP contribution in [0.15, 0.2) is 23.4 Å². The van der Waals surface area contributed by atoms with E-state index in [4.69, 9.17) is 49.2 Å². The third-order valence-electron chi connectivity index (χ3n) is 6.13. The predicted octanol–water partition coefficient (Wildman–Crippen LogP) is -1.34.